The second kappa shape index (κ2) is 6.17. The molecule has 5 nitrogen and oxygen atoms in total. The summed E-state index contributed by atoms with van der Waals surface area (Å²) in [7, 11) is 0. The smallest absolute Gasteiger partial charge is 0.356 e. The van der Waals surface area contributed by atoms with Crippen LogP contribution in [0.4, 0.5) is 4.39 Å². The Labute approximate surface area is 157 Å². The molecule has 0 aliphatic carbocycles. The Morgan fingerprint density at radius 2 is 2.00 bits per heavy atom. The van der Waals surface area contributed by atoms with Gasteiger partial charge in [0.2, 0.25) is 0 Å². The molecule has 0 spiro atoms. The molecular formula is C19H13BrFN3O2. The van der Waals surface area contributed by atoms with Crippen molar-refractivity contribution in [2.24, 2.45) is 4.99 Å². The number of carboxylic acid groups (broad SMARTS) is 1. The molecule has 0 saturated heterocycles. The fourth-order valence-corrected chi connectivity index (χ4v) is 3.58. The van der Waals surface area contributed by atoms with Gasteiger partial charge in [-0.3, -0.25) is 9.56 Å². The number of benzene rings is 2. The third-order valence-electron chi connectivity index (χ3n) is 4.33. The molecular weight excluding hydrogens is 401 g/mol. The fraction of sp³-hybridized carbons (Fsp3) is 0.105. The molecule has 1 aliphatic heterocycles. The summed E-state index contributed by atoms with van der Waals surface area (Å²) in [5, 5.41) is 9.47. The first kappa shape index (κ1) is 16.7. The summed E-state index contributed by atoms with van der Waals surface area (Å²) in [6.45, 7) is 1.78. The Morgan fingerprint density at radius 3 is 2.73 bits per heavy atom. The maximum Gasteiger partial charge on any atom is 0.356 e. The maximum absolute atomic E-state index is 14.5. The van der Waals surface area contributed by atoms with Crippen LogP contribution >= 0.6 is 15.9 Å². The number of nitrogens with zero attached hydrogens (tertiary/aromatic N) is 3. The Bertz CT molecular complexity index is 1070. The SMILES string of the molecule is CC1N=C(c2ccccc2F)c2cc(Br)ccc2-n2cnc(C(=O)O)c21. The molecule has 1 unspecified atom stereocenters. The van der Waals surface area contributed by atoms with Gasteiger partial charge in [0.1, 0.15) is 12.1 Å². The van der Waals surface area contributed by atoms with Crippen LogP contribution in [-0.4, -0.2) is 26.3 Å². The van der Waals surface area contributed by atoms with Gasteiger partial charge in [-0.15, -0.1) is 0 Å². The number of rotatable bonds is 2. The first-order chi connectivity index (χ1) is 12.5. The van der Waals surface area contributed by atoms with Crippen LogP contribution in [0.15, 0.2) is 58.3 Å². The molecule has 7 heteroatoms. The molecule has 1 N–H and O–H groups in total. The number of halogens is 2. The van der Waals surface area contributed by atoms with Crippen molar-refractivity contribution < 1.29 is 14.3 Å². The maximum atomic E-state index is 14.5. The number of carboxylic acids is 1. The van der Waals surface area contributed by atoms with Gasteiger partial charge in [0.15, 0.2) is 5.69 Å². The van der Waals surface area contributed by atoms with Crippen LogP contribution in [0.25, 0.3) is 5.69 Å². The molecule has 1 aromatic heterocycles. The number of hydrogen-bond acceptors (Lipinski definition) is 3. The van der Waals surface area contributed by atoms with Crippen molar-refractivity contribution in [2.45, 2.75) is 13.0 Å². The monoisotopic (exact) mass is 413 g/mol. The van der Waals surface area contributed by atoms with Gasteiger partial charge < -0.3 is 5.11 Å². The average molecular weight is 414 g/mol. The van der Waals surface area contributed by atoms with E-state index in [2.05, 4.69) is 25.9 Å². The molecule has 0 amide bonds. The number of aliphatic imine (C=N–C) groups is 1. The number of imidazole rings is 1. The van der Waals surface area contributed by atoms with E-state index in [-0.39, 0.29) is 11.5 Å². The molecule has 3 aromatic rings. The summed E-state index contributed by atoms with van der Waals surface area (Å²) in [5.41, 5.74) is 2.66. The Kier molecular flexibility index (Phi) is 3.96. The molecule has 2 heterocycles. The van der Waals surface area contributed by atoms with Crippen LogP contribution in [0.5, 0.6) is 0 Å². The molecule has 0 fully saturated rings. The number of carbonyl (C=O) groups is 1. The van der Waals surface area contributed by atoms with Crippen molar-refractivity contribution in [1.29, 1.82) is 0 Å². The van der Waals surface area contributed by atoms with E-state index in [1.165, 1.54) is 12.4 Å². The standard InChI is InChI=1S/C19H13BrFN3O2/c1-10-18-17(19(25)26)22-9-24(18)15-7-6-11(20)8-13(15)16(23-10)12-4-2-3-5-14(12)21/h2-10H,1H3,(H,25,26). The molecule has 26 heavy (non-hydrogen) atoms. The average Bonchev–Trinajstić information content (AvgIpc) is 3.01. The Balaban J connectivity index is 2.07. The lowest BCUT2D eigenvalue weighted by molar-refractivity contribution is 0.0689. The molecule has 2 aromatic carbocycles. The highest BCUT2D eigenvalue weighted by atomic mass is 79.9. The van der Waals surface area contributed by atoms with Gasteiger partial charge in [-0.2, -0.15) is 0 Å². The van der Waals surface area contributed by atoms with E-state index in [0.717, 1.165) is 4.47 Å². The first-order valence-electron chi connectivity index (χ1n) is 7.91. The number of fused-ring (bicyclic) bond motifs is 3. The van der Waals surface area contributed by atoms with Gasteiger partial charge in [-0.05, 0) is 37.3 Å². The highest BCUT2D eigenvalue weighted by Crippen LogP contribution is 2.34. The summed E-state index contributed by atoms with van der Waals surface area (Å²) in [5.74, 6) is -1.50. The van der Waals surface area contributed by atoms with Crippen molar-refractivity contribution in [3.8, 4) is 5.69 Å². The predicted octanol–water partition coefficient (Wildman–Crippen LogP) is 4.38. The lowest BCUT2D eigenvalue weighted by Crippen LogP contribution is -2.09. The molecule has 130 valence electrons. The van der Waals surface area contributed by atoms with Gasteiger partial charge in [0, 0.05) is 15.6 Å². The van der Waals surface area contributed by atoms with Gasteiger partial charge in [-0.25, -0.2) is 14.2 Å². The lowest BCUT2D eigenvalue weighted by Gasteiger charge is -2.12. The van der Waals surface area contributed by atoms with E-state index >= 15 is 0 Å². The summed E-state index contributed by atoms with van der Waals surface area (Å²) < 4.78 is 17.0. The zero-order chi connectivity index (χ0) is 18.4. The molecule has 4 rings (SSSR count). The number of aromatic carboxylic acids is 1. The number of aromatic nitrogens is 2. The third-order valence-corrected chi connectivity index (χ3v) is 4.82. The summed E-state index contributed by atoms with van der Waals surface area (Å²) in [6, 6.07) is 11.4. The largest absolute Gasteiger partial charge is 0.476 e. The van der Waals surface area contributed by atoms with E-state index < -0.39 is 12.0 Å². The third kappa shape index (κ3) is 2.55. The second-order valence-electron chi connectivity index (χ2n) is 5.95. The van der Waals surface area contributed by atoms with Crippen molar-refractivity contribution in [2.75, 3.05) is 0 Å². The van der Waals surface area contributed by atoms with Crippen LogP contribution in [0.1, 0.15) is 40.3 Å². The molecule has 0 radical (unpaired) electrons. The van der Waals surface area contributed by atoms with Crippen molar-refractivity contribution in [3.63, 3.8) is 0 Å². The number of hydrogen-bond donors (Lipinski definition) is 1. The van der Waals surface area contributed by atoms with Crippen molar-refractivity contribution in [1.82, 2.24) is 9.55 Å². The zero-order valence-electron chi connectivity index (χ0n) is 13.6. The van der Waals surface area contributed by atoms with Gasteiger partial charge in [-0.1, -0.05) is 28.1 Å². The summed E-state index contributed by atoms with van der Waals surface area (Å²) in [6.07, 6.45) is 1.47. The normalized spacial score (nSPS) is 15.7. The van der Waals surface area contributed by atoms with E-state index in [0.29, 0.717) is 28.2 Å². The molecule has 0 saturated carbocycles. The van der Waals surface area contributed by atoms with Crippen LogP contribution in [0.3, 0.4) is 0 Å². The molecule has 1 aliphatic rings. The second-order valence-corrected chi connectivity index (χ2v) is 6.86. The molecule has 0 bridgehead atoms. The van der Waals surface area contributed by atoms with Crippen LogP contribution in [-0.2, 0) is 0 Å². The zero-order valence-corrected chi connectivity index (χ0v) is 15.2. The van der Waals surface area contributed by atoms with Gasteiger partial charge >= 0.3 is 5.97 Å². The van der Waals surface area contributed by atoms with E-state index in [1.54, 1.807) is 29.7 Å². The van der Waals surface area contributed by atoms with E-state index in [4.69, 9.17) is 0 Å². The van der Waals surface area contributed by atoms with Crippen LogP contribution < -0.4 is 0 Å². The predicted molar refractivity (Wildman–Crippen MR) is 98.7 cm³/mol. The van der Waals surface area contributed by atoms with Gasteiger partial charge in [0.25, 0.3) is 0 Å². The Morgan fingerprint density at radius 1 is 1.23 bits per heavy atom. The van der Waals surface area contributed by atoms with Crippen LogP contribution in [0.2, 0.25) is 0 Å². The summed E-state index contributed by atoms with van der Waals surface area (Å²) >= 11 is 3.45. The van der Waals surface area contributed by atoms with E-state index in [1.807, 2.05) is 18.2 Å². The lowest BCUT2D eigenvalue weighted by atomic mass is 10.00. The highest BCUT2D eigenvalue weighted by Gasteiger charge is 2.29. The van der Waals surface area contributed by atoms with E-state index in [9.17, 15) is 14.3 Å². The highest BCUT2D eigenvalue weighted by molar-refractivity contribution is 9.10. The van der Waals surface area contributed by atoms with Crippen molar-refractivity contribution >= 4 is 27.6 Å². The quantitative estimate of drug-likeness (QED) is 0.677. The van der Waals surface area contributed by atoms with Crippen molar-refractivity contribution in [3.05, 3.63) is 81.6 Å². The van der Waals surface area contributed by atoms with Gasteiger partial charge in [0.05, 0.1) is 23.1 Å². The topological polar surface area (TPSA) is 67.5 Å². The minimum atomic E-state index is -1.12. The Hall–Kier alpha value is -2.80. The minimum Gasteiger partial charge on any atom is -0.476 e. The summed E-state index contributed by atoms with van der Waals surface area (Å²) in [4.78, 5) is 20.3. The minimum absolute atomic E-state index is 0.0510. The van der Waals surface area contributed by atoms with Crippen LogP contribution in [0, 0.1) is 5.82 Å². The first-order valence-corrected chi connectivity index (χ1v) is 8.70. The fourth-order valence-electron chi connectivity index (χ4n) is 3.21. The molecule has 1 atom stereocenters.